The fourth-order valence-electron chi connectivity index (χ4n) is 3.90. The normalized spacial score (nSPS) is 22.2. The largest absolute Gasteiger partial charge is 0.457 e. The van der Waals surface area contributed by atoms with Crippen molar-refractivity contribution in [1.29, 1.82) is 0 Å². The van der Waals surface area contributed by atoms with E-state index in [0.29, 0.717) is 22.2 Å². The van der Waals surface area contributed by atoms with Gasteiger partial charge in [-0.2, -0.15) is 0 Å². The van der Waals surface area contributed by atoms with Crippen molar-refractivity contribution in [2.45, 2.75) is 24.5 Å². The number of terminal acetylenes is 1. The lowest BCUT2D eigenvalue weighted by Gasteiger charge is -2.35. The van der Waals surface area contributed by atoms with E-state index in [2.05, 4.69) is 13.0 Å². The van der Waals surface area contributed by atoms with Crippen molar-refractivity contribution in [3.05, 3.63) is 71.8 Å². The Labute approximate surface area is 161 Å². The van der Waals surface area contributed by atoms with Gasteiger partial charge in [0.2, 0.25) is 5.60 Å². The zero-order valence-corrected chi connectivity index (χ0v) is 15.7. The predicted molar refractivity (Wildman–Crippen MR) is 105 cm³/mol. The van der Waals surface area contributed by atoms with Crippen LogP contribution < -0.4 is 0 Å². The van der Waals surface area contributed by atoms with Gasteiger partial charge in [-0.1, -0.05) is 60.7 Å². The molecule has 1 aliphatic heterocycles. The summed E-state index contributed by atoms with van der Waals surface area (Å²) in [5, 5.41) is 11.4. The van der Waals surface area contributed by atoms with Crippen molar-refractivity contribution >= 4 is 5.97 Å². The SMILES string of the molecule is C#CC[N+]1(C)CCC[C@@H]1COC(=O)C(O)(c1ccccc1)c1ccccc1. The van der Waals surface area contributed by atoms with Crippen LogP contribution in [0, 0.1) is 12.3 Å². The molecule has 1 N–H and O–H groups in total. The van der Waals surface area contributed by atoms with Gasteiger partial charge in [0.25, 0.3) is 0 Å². The Balaban J connectivity index is 1.84. The van der Waals surface area contributed by atoms with E-state index >= 15 is 0 Å². The third-order valence-electron chi connectivity index (χ3n) is 5.63. The summed E-state index contributed by atoms with van der Waals surface area (Å²) in [6, 6.07) is 18.0. The predicted octanol–water partition coefficient (Wildman–Crippen LogP) is 2.71. The molecule has 1 heterocycles. The van der Waals surface area contributed by atoms with Gasteiger partial charge in [-0.3, -0.25) is 0 Å². The molecular weight excluding hydrogens is 338 g/mol. The molecule has 140 valence electrons. The maximum atomic E-state index is 13.1. The molecule has 0 aliphatic carbocycles. The van der Waals surface area contributed by atoms with Crippen molar-refractivity contribution in [3.8, 4) is 12.3 Å². The number of rotatable bonds is 6. The first-order valence-corrected chi connectivity index (χ1v) is 9.29. The van der Waals surface area contributed by atoms with E-state index < -0.39 is 11.6 Å². The molecule has 0 bridgehead atoms. The van der Waals surface area contributed by atoms with E-state index in [4.69, 9.17) is 11.2 Å². The average molecular weight is 364 g/mol. The van der Waals surface area contributed by atoms with Gasteiger partial charge in [0.15, 0.2) is 0 Å². The number of hydrogen-bond acceptors (Lipinski definition) is 3. The average Bonchev–Trinajstić information content (AvgIpc) is 3.07. The summed E-state index contributed by atoms with van der Waals surface area (Å²) >= 11 is 0. The molecule has 1 saturated heterocycles. The van der Waals surface area contributed by atoms with E-state index in [1.807, 2.05) is 12.1 Å². The number of carbonyl (C=O) groups is 1. The van der Waals surface area contributed by atoms with Crippen molar-refractivity contribution in [1.82, 2.24) is 0 Å². The van der Waals surface area contributed by atoms with Gasteiger partial charge in [0.1, 0.15) is 19.2 Å². The summed E-state index contributed by atoms with van der Waals surface area (Å²) in [4.78, 5) is 13.1. The number of likely N-dealkylation sites (tertiary alicyclic amines) is 1. The Morgan fingerprint density at radius 2 is 1.74 bits per heavy atom. The van der Waals surface area contributed by atoms with Gasteiger partial charge >= 0.3 is 5.97 Å². The van der Waals surface area contributed by atoms with Crippen LogP contribution >= 0.6 is 0 Å². The van der Waals surface area contributed by atoms with E-state index in [1.165, 1.54) is 0 Å². The minimum absolute atomic E-state index is 0.154. The molecule has 3 rings (SSSR count). The summed E-state index contributed by atoms with van der Waals surface area (Å²) in [5.41, 5.74) is -0.849. The van der Waals surface area contributed by atoms with Gasteiger partial charge in [0.05, 0.1) is 13.6 Å². The summed E-state index contributed by atoms with van der Waals surface area (Å²) in [6.45, 7) is 1.84. The zero-order chi connectivity index (χ0) is 19.3. The second-order valence-electron chi connectivity index (χ2n) is 7.40. The molecule has 1 unspecified atom stereocenters. The molecule has 1 aliphatic rings. The minimum atomic E-state index is -1.84. The number of benzene rings is 2. The molecule has 0 amide bonds. The molecule has 27 heavy (non-hydrogen) atoms. The topological polar surface area (TPSA) is 46.5 Å². The first kappa shape index (κ1) is 19.2. The van der Waals surface area contributed by atoms with Crippen molar-refractivity contribution in [3.63, 3.8) is 0 Å². The fraction of sp³-hybridized carbons (Fsp3) is 0.348. The van der Waals surface area contributed by atoms with E-state index in [-0.39, 0.29) is 12.6 Å². The van der Waals surface area contributed by atoms with Gasteiger partial charge in [-0.15, -0.1) is 6.42 Å². The van der Waals surface area contributed by atoms with Crippen LogP contribution in [0.25, 0.3) is 0 Å². The van der Waals surface area contributed by atoms with Crippen LogP contribution in [-0.2, 0) is 15.1 Å². The Morgan fingerprint density at radius 1 is 1.19 bits per heavy atom. The number of nitrogens with zero attached hydrogens (tertiary/aromatic N) is 1. The van der Waals surface area contributed by atoms with Crippen LogP contribution in [0.5, 0.6) is 0 Å². The second kappa shape index (κ2) is 7.96. The molecule has 4 heteroatoms. The summed E-state index contributed by atoms with van der Waals surface area (Å²) in [7, 11) is 2.10. The maximum absolute atomic E-state index is 13.1. The van der Waals surface area contributed by atoms with Gasteiger partial charge < -0.3 is 14.3 Å². The number of hydrogen-bond donors (Lipinski definition) is 1. The van der Waals surface area contributed by atoms with Crippen molar-refractivity contribution in [2.24, 2.45) is 0 Å². The molecule has 1 fully saturated rings. The van der Waals surface area contributed by atoms with Crippen LogP contribution in [0.4, 0.5) is 0 Å². The van der Waals surface area contributed by atoms with Crippen LogP contribution in [0.3, 0.4) is 0 Å². The van der Waals surface area contributed by atoms with Crippen molar-refractivity contribution in [2.75, 3.05) is 26.7 Å². The lowest BCUT2D eigenvalue weighted by Crippen LogP contribution is -2.51. The van der Waals surface area contributed by atoms with Crippen molar-refractivity contribution < 1.29 is 19.1 Å². The number of likely N-dealkylation sites (N-methyl/N-ethyl adjacent to an activating group) is 1. The van der Waals surface area contributed by atoms with Crippen LogP contribution in [0.2, 0.25) is 0 Å². The number of ether oxygens (including phenoxy) is 1. The standard InChI is InChI=1S/C23H26NO3/c1-3-16-24(2)17-10-15-21(24)18-27-22(25)23(26,19-11-6-4-7-12-19)20-13-8-5-9-14-20/h1,4-9,11-14,21,26H,10,15-18H2,2H3/q+1/t21-,24?/m1/s1. The van der Waals surface area contributed by atoms with Gasteiger partial charge in [-0.05, 0) is 17.0 Å². The number of carbonyl (C=O) groups excluding carboxylic acids is 1. The first-order valence-electron chi connectivity index (χ1n) is 9.29. The van der Waals surface area contributed by atoms with Gasteiger partial charge in [0, 0.05) is 12.8 Å². The third kappa shape index (κ3) is 3.75. The molecule has 2 atom stereocenters. The lowest BCUT2D eigenvalue weighted by atomic mass is 9.86. The van der Waals surface area contributed by atoms with Crippen LogP contribution in [0.1, 0.15) is 24.0 Å². The number of aliphatic hydroxyl groups is 1. The Hall–Kier alpha value is -2.61. The zero-order valence-electron chi connectivity index (χ0n) is 15.7. The van der Waals surface area contributed by atoms with Crippen LogP contribution in [0.15, 0.2) is 60.7 Å². The molecular formula is C23H26NO3+. The lowest BCUT2D eigenvalue weighted by molar-refractivity contribution is -0.914. The molecule has 0 spiro atoms. The first-order chi connectivity index (χ1) is 13.0. The Bertz CT molecular complexity index is 773. The monoisotopic (exact) mass is 364 g/mol. The highest BCUT2D eigenvalue weighted by Crippen LogP contribution is 2.32. The maximum Gasteiger partial charge on any atom is 0.347 e. The quantitative estimate of drug-likeness (QED) is 0.487. The van der Waals surface area contributed by atoms with Crippen LogP contribution in [-0.4, -0.2) is 48.3 Å². The molecule has 2 aromatic carbocycles. The number of quaternary nitrogens is 1. The number of esters is 1. The third-order valence-corrected chi connectivity index (χ3v) is 5.63. The van der Waals surface area contributed by atoms with E-state index in [1.54, 1.807) is 48.5 Å². The smallest absolute Gasteiger partial charge is 0.347 e. The summed E-state index contributed by atoms with van der Waals surface area (Å²) < 4.78 is 6.38. The molecule has 4 nitrogen and oxygen atoms in total. The highest BCUT2D eigenvalue weighted by atomic mass is 16.6. The van der Waals surface area contributed by atoms with E-state index in [0.717, 1.165) is 19.4 Å². The Morgan fingerprint density at radius 3 is 2.26 bits per heavy atom. The van der Waals surface area contributed by atoms with E-state index in [9.17, 15) is 9.90 Å². The minimum Gasteiger partial charge on any atom is -0.457 e. The fourth-order valence-corrected chi connectivity index (χ4v) is 3.90. The van der Waals surface area contributed by atoms with Gasteiger partial charge in [-0.25, -0.2) is 4.79 Å². The summed E-state index contributed by atoms with van der Waals surface area (Å²) in [5.74, 6) is 2.08. The second-order valence-corrected chi connectivity index (χ2v) is 7.40. The molecule has 0 saturated carbocycles. The highest BCUT2D eigenvalue weighted by Gasteiger charge is 2.44. The molecule has 2 aromatic rings. The Kier molecular flexibility index (Phi) is 5.65. The highest BCUT2D eigenvalue weighted by molar-refractivity contribution is 5.85. The molecule has 0 aromatic heterocycles. The molecule has 0 radical (unpaired) electrons. The summed E-state index contributed by atoms with van der Waals surface area (Å²) in [6.07, 6.45) is 7.54.